The van der Waals surface area contributed by atoms with E-state index in [0.29, 0.717) is 0 Å². The van der Waals surface area contributed by atoms with Crippen LogP contribution in [0.15, 0.2) is 34.3 Å². The van der Waals surface area contributed by atoms with Gasteiger partial charge in [-0.3, -0.25) is 29.1 Å². The van der Waals surface area contributed by atoms with E-state index in [-0.39, 0.29) is 45.6 Å². The maximum atomic E-state index is 13.1. The predicted molar refractivity (Wildman–Crippen MR) is 107 cm³/mol. The standard InChI is InChI=1S/C20H17N3O5S2/c24-10(25)6-23-18(26)13-8-4-9(14(13)19(23)27)15-12(8)11(7-2-1-3-21-5-7)16-17(29-15)22-20(28)30-16/h1-3,5,8-9,11-15H,4,6H2,(H,22,28)(H,24,25)/t8-,9-,11+,12-,13-,14+,15-/m1/s1. The van der Waals surface area contributed by atoms with Gasteiger partial charge in [-0.15, -0.1) is 11.8 Å². The summed E-state index contributed by atoms with van der Waals surface area (Å²) in [6.07, 6.45) is 4.30. The molecule has 0 radical (unpaired) electrons. The van der Waals surface area contributed by atoms with E-state index < -0.39 is 24.3 Å². The summed E-state index contributed by atoms with van der Waals surface area (Å²) < 4.78 is 0. The number of nitrogens with one attached hydrogen (secondary N) is 1. The molecule has 6 rings (SSSR count). The number of aromatic amines is 1. The number of aromatic nitrogens is 2. The molecule has 2 amide bonds. The van der Waals surface area contributed by atoms with Crippen molar-refractivity contribution in [3.05, 3.63) is 44.6 Å². The third kappa shape index (κ3) is 2.31. The molecule has 30 heavy (non-hydrogen) atoms. The molecule has 10 heteroatoms. The van der Waals surface area contributed by atoms with Gasteiger partial charge < -0.3 is 10.1 Å². The van der Waals surface area contributed by atoms with E-state index in [1.807, 2.05) is 18.3 Å². The molecule has 2 aliphatic heterocycles. The number of carbonyl (C=O) groups excluding carboxylic acids is 2. The van der Waals surface area contributed by atoms with Crippen molar-refractivity contribution in [3.63, 3.8) is 0 Å². The normalized spacial score (nSPS) is 36.0. The lowest BCUT2D eigenvalue weighted by molar-refractivity contribution is -0.149. The molecular formula is C20H17N3O5S2. The van der Waals surface area contributed by atoms with Gasteiger partial charge in [-0.2, -0.15) is 0 Å². The second-order valence-electron chi connectivity index (χ2n) is 8.40. The number of aliphatic carboxylic acids is 1. The molecular weight excluding hydrogens is 426 g/mol. The zero-order valence-corrected chi connectivity index (χ0v) is 17.2. The Hall–Kier alpha value is -2.46. The number of amides is 2. The minimum Gasteiger partial charge on any atom is -0.480 e. The lowest BCUT2D eigenvalue weighted by Gasteiger charge is -2.42. The van der Waals surface area contributed by atoms with E-state index >= 15 is 0 Å². The van der Waals surface area contributed by atoms with Crippen molar-refractivity contribution in [1.82, 2.24) is 14.9 Å². The van der Waals surface area contributed by atoms with E-state index in [9.17, 15) is 19.2 Å². The van der Waals surface area contributed by atoms with E-state index in [1.54, 1.807) is 18.0 Å². The Morgan fingerprint density at radius 3 is 2.70 bits per heavy atom. The fourth-order valence-corrected chi connectivity index (χ4v) is 9.19. The van der Waals surface area contributed by atoms with E-state index in [1.165, 1.54) is 11.3 Å². The van der Waals surface area contributed by atoms with Crippen LogP contribution in [0.1, 0.15) is 22.8 Å². The zero-order valence-electron chi connectivity index (χ0n) is 15.6. The molecule has 0 spiro atoms. The largest absolute Gasteiger partial charge is 0.480 e. The van der Waals surface area contributed by atoms with Crippen LogP contribution in [0.2, 0.25) is 0 Å². The highest BCUT2D eigenvalue weighted by Gasteiger charge is 2.69. The molecule has 154 valence electrons. The van der Waals surface area contributed by atoms with Crippen LogP contribution in [-0.4, -0.2) is 49.6 Å². The number of carboxylic acid groups (broad SMARTS) is 1. The monoisotopic (exact) mass is 443 g/mol. The molecule has 3 fully saturated rings. The number of hydrogen-bond acceptors (Lipinski definition) is 7. The summed E-state index contributed by atoms with van der Waals surface area (Å²) in [5.74, 6) is -2.74. The fourth-order valence-electron chi connectivity index (χ4n) is 6.30. The van der Waals surface area contributed by atoms with Crippen LogP contribution in [0.3, 0.4) is 0 Å². The van der Waals surface area contributed by atoms with E-state index in [4.69, 9.17) is 5.11 Å². The summed E-state index contributed by atoms with van der Waals surface area (Å²) in [6, 6.07) is 3.87. The predicted octanol–water partition coefficient (Wildman–Crippen LogP) is 1.39. The lowest BCUT2D eigenvalue weighted by atomic mass is 9.68. The number of pyridine rings is 1. The quantitative estimate of drug-likeness (QED) is 0.688. The maximum Gasteiger partial charge on any atom is 0.323 e. The van der Waals surface area contributed by atoms with Crippen molar-refractivity contribution in [2.45, 2.75) is 22.6 Å². The second-order valence-corrected chi connectivity index (χ2v) is 10.6. The summed E-state index contributed by atoms with van der Waals surface area (Å²) in [5.41, 5.74) is 1.01. The number of rotatable bonds is 3. The minimum atomic E-state index is -1.18. The fraction of sp³-hybridized carbons (Fsp3) is 0.450. The summed E-state index contributed by atoms with van der Waals surface area (Å²) >= 11 is 2.82. The number of carboxylic acids is 1. The number of thiazole rings is 1. The number of H-pyrrole nitrogens is 1. The minimum absolute atomic E-state index is 0.000897. The first-order chi connectivity index (χ1) is 14.5. The molecule has 2 saturated carbocycles. The van der Waals surface area contributed by atoms with Gasteiger partial charge in [-0.25, -0.2) is 0 Å². The van der Waals surface area contributed by atoms with Gasteiger partial charge >= 0.3 is 10.8 Å². The molecule has 7 atom stereocenters. The third-order valence-corrected chi connectivity index (χ3v) is 9.74. The Bertz CT molecular complexity index is 1140. The molecule has 8 nitrogen and oxygen atoms in total. The van der Waals surface area contributed by atoms with Gasteiger partial charge in [0.25, 0.3) is 0 Å². The number of fused-ring (bicyclic) bond motifs is 9. The molecule has 2 bridgehead atoms. The third-order valence-electron chi connectivity index (χ3n) is 7.15. The zero-order chi connectivity index (χ0) is 20.7. The number of nitrogens with zero attached hydrogens (tertiary/aromatic N) is 2. The first-order valence-corrected chi connectivity index (χ1v) is 11.5. The van der Waals surface area contributed by atoms with Crippen molar-refractivity contribution in [2.24, 2.45) is 29.6 Å². The molecule has 2 aromatic heterocycles. The van der Waals surface area contributed by atoms with Crippen molar-refractivity contribution >= 4 is 40.9 Å². The first-order valence-electron chi connectivity index (χ1n) is 9.82. The topological polar surface area (TPSA) is 120 Å². The highest BCUT2D eigenvalue weighted by molar-refractivity contribution is 8.00. The van der Waals surface area contributed by atoms with Crippen LogP contribution in [0.5, 0.6) is 0 Å². The van der Waals surface area contributed by atoms with Crippen LogP contribution < -0.4 is 4.87 Å². The Balaban J connectivity index is 1.45. The summed E-state index contributed by atoms with van der Waals surface area (Å²) in [7, 11) is 0. The van der Waals surface area contributed by atoms with Gasteiger partial charge in [0.1, 0.15) is 6.54 Å². The van der Waals surface area contributed by atoms with Gasteiger partial charge in [0.2, 0.25) is 11.8 Å². The summed E-state index contributed by atoms with van der Waals surface area (Å²) in [5, 5.41) is 10.1. The van der Waals surface area contributed by atoms with Gasteiger partial charge in [0.15, 0.2) is 0 Å². The molecule has 1 saturated heterocycles. The van der Waals surface area contributed by atoms with E-state index in [0.717, 1.165) is 26.8 Å². The van der Waals surface area contributed by atoms with Crippen LogP contribution >= 0.6 is 23.1 Å². The van der Waals surface area contributed by atoms with Crippen molar-refractivity contribution in [1.29, 1.82) is 0 Å². The smallest absolute Gasteiger partial charge is 0.323 e. The average molecular weight is 444 g/mol. The average Bonchev–Trinajstić information content (AvgIpc) is 3.44. The highest BCUT2D eigenvalue weighted by Crippen LogP contribution is 2.68. The molecule has 0 aromatic carbocycles. The van der Waals surface area contributed by atoms with Gasteiger partial charge in [0.05, 0.1) is 16.9 Å². The Morgan fingerprint density at radius 2 is 2.00 bits per heavy atom. The van der Waals surface area contributed by atoms with Crippen molar-refractivity contribution in [3.8, 4) is 0 Å². The van der Waals surface area contributed by atoms with Crippen LogP contribution in [0.25, 0.3) is 0 Å². The molecule has 4 heterocycles. The molecule has 4 aliphatic rings. The van der Waals surface area contributed by atoms with Crippen LogP contribution in [0.4, 0.5) is 0 Å². The van der Waals surface area contributed by atoms with Crippen LogP contribution in [0, 0.1) is 29.6 Å². The van der Waals surface area contributed by atoms with Gasteiger partial charge in [-0.1, -0.05) is 17.4 Å². The molecule has 0 unspecified atom stereocenters. The van der Waals surface area contributed by atoms with E-state index in [2.05, 4.69) is 9.97 Å². The lowest BCUT2D eigenvalue weighted by Crippen LogP contribution is -2.42. The second kappa shape index (κ2) is 6.27. The maximum absolute atomic E-state index is 13.1. The van der Waals surface area contributed by atoms with Crippen molar-refractivity contribution < 1.29 is 19.5 Å². The number of hydrogen-bond donors (Lipinski definition) is 2. The Kier molecular flexibility index (Phi) is 3.83. The summed E-state index contributed by atoms with van der Waals surface area (Å²) in [6.45, 7) is -0.570. The molecule has 2 aromatic rings. The van der Waals surface area contributed by atoms with Crippen LogP contribution in [-0.2, 0) is 14.4 Å². The first kappa shape index (κ1) is 18.3. The SMILES string of the molecule is O=C(O)CN1C(=O)[C@@H]2[C@@H]3C[C@@H]([C@H]4Sc5[nH]c(=O)sc5[C@@H](c5cccnc5)[C@@H]34)[C@@H]2C1=O. The Labute approximate surface area is 178 Å². The number of thioether (sulfide) groups is 1. The number of imide groups is 1. The van der Waals surface area contributed by atoms with Gasteiger partial charge in [0, 0.05) is 28.4 Å². The number of carbonyl (C=O) groups is 3. The number of likely N-dealkylation sites (tertiary alicyclic amines) is 1. The summed E-state index contributed by atoms with van der Waals surface area (Å²) in [4.78, 5) is 58.4. The molecule has 2 N–H and O–H groups in total. The Morgan fingerprint density at radius 1 is 1.23 bits per heavy atom. The molecule has 2 aliphatic carbocycles. The van der Waals surface area contributed by atoms with Gasteiger partial charge in [-0.05, 0) is 35.8 Å². The highest BCUT2D eigenvalue weighted by atomic mass is 32.2. The van der Waals surface area contributed by atoms with Crippen molar-refractivity contribution in [2.75, 3.05) is 6.54 Å².